The van der Waals surface area contributed by atoms with Crippen LogP contribution in [0.1, 0.15) is 0 Å². The van der Waals surface area contributed by atoms with E-state index in [1.54, 1.807) is 0 Å². The van der Waals surface area contributed by atoms with Crippen molar-refractivity contribution < 1.29 is 9.47 Å². The number of rotatable bonds is 6. The highest BCUT2D eigenvalue weighted by molar-refractivity contribution is 8.00. The first-order valence-electron chi connectivity index (χ1n) is 22.9. The Morgan fingerprint density at radius 3 is 1.66 bits per heavy atom. The molecule has 14 rings (SSSR count). The van der Waals surface area contributed by atoms with Crippen LogP contribution in [0.2, 0.25) is 0 Å². The summed E-state index contributed by atoms with van der Waals surface area (Å²) < 4.78 is 14.3. The van der Waals surface area contributed by atoms with Gasteiger partial charge in [-0.25, -0.2) is 0 Å². The van der Waals surface area contributed by atoms with E-state index in [0.717, 1.165) is 79.0 Å². The third-order valence-corrected chi connectivity index (χ3v) is 14.9. The maximum absolute atomic E-state index is 7.39. The molecule has 0 aromatic heterocycles. The highest BCUT2D eigenvalue weighted by atomic mass is 32.2. The van der Waals surface area contributed by atoms with E-state index in [1.165, 1.54) is 43.0 Å². The molecule has 0 radical (unpaired) electrons. The van der Waals surface area contributed by atoms with E-state index in [9.17, 15) is 0 Å². The molecule has 10 aromatic rings. The highest BCUT2D eigenvalue weighted by Crippen LogP contribution is 2.49. The summed E-state index contributed by atoms with van der Waals surface area (Å²) in [5.74, 6) is 3.29. The van der Waals surface area contributed by atoms with Crippen molar-refractivity contribution in [3.05, 3.63) is 231 Å². The lowest BCUT2D eigenvalue weighted by molar-refractivity contribution is 0.465. The van der Waals surface area contributed by atoms with E-state index >= 15 is 0 Å². The van der Waals surface area contributed by atoms with Gasteiger partial charge in [0.1, 0.15) is 23.0 Å². The van der Waals surface area contributed by atoms with E-state index in [1.807, 2.05) is 11.8 Å². The summed E-state index contributed by atoms with van der Waals surface area (Å²) in [7, 11) is 0. The van der Waals surface area contributed by atoms with E-state index in [0.29, 0.717) is 0 Å². The molecule has 0 bridgehead atoms. The Morgan fingerprint density at radius 2 is 0.925 bits per heavy atom. The Hall–Kier alpha value is -8.12. The molecule has 0 saturated heterocycles. The van der Waals surface area contributed by atoms with Crippen LogP contribution in [0.4, 0.5) is 34.1 Å². The lowest BCUT2D eigenvalue weighted by atomic mass is 9.31. The van der Waals surface area contributed by atoms with Crippen LogP contribution in [0.5, 0.6) is 23.0 Å². The highest BCUT2D eigenvalue weighted by Gasteiger charge is 2.46. The van der Waals surface area contributed by atoms with E-state index in [-0.39, 0.29) is 13.4 Å². The average Bonchev–Trinajstić information content (AvgIpc) is 3.39. The van der Waals surface area contributed by atoms with Gasteiger partial charge in [0.2, 0.25) is 6.71 Å². The van der Waals surface area contributed by atoms with Crippen LogP contribution < -0.4 is 52.1 Å². The standard InChI is InChI=1S/C60H38B2N2O2S/c1-5-19-39(20-6-1)41-33-52-59-58(34-41)67-57-32-18-15-29-47(57)62(59)48-37-49-54(38-51(48)64(52)50-30-16-13-27-45(50)40-21-7-2-8-22-40)66-56-36-44(35-55-60(56)61(49)46-28-14-17-31-53(46)65-55)63(42-23-9-3-10-24-42)43-25-11-4-12-26-43/h1-38H. The van der Waals surface area contributed by atoms with Crippen molar-refractivity contribution in [1.29, 1.82) is 0 Å². The smallest absolute Gasteiger partial charge is 0.260 e. The third kappa shape index (κ3) is 6.05. The Morgan fingerprint density at radius 1 is 0.343 bits per heavy atom. The predicted molar refractivity (Wildman–Crippen MR) is 280 cm³/mol. The van der Waals surface area contributed by atoms with Gasteiger partial charge in [-0.15, -0.1) is 0 Å². The second-order valence-corrected chi connectivity index (χ2v) is 18.6. The number of hydrogen-bond acceptors (Lipinski definition) is 5. The topological polar surface area (TPSA) is 24.9 Å². The number of fused-ring (bicyclic) bond motifs is 8. The van der Waals surface area contributed by atoms with Crippen LogP contribution in [-0.2, 0) is 0 Å². The first-order chi connectivity index (χ1) is 33.2. The zero-order valence-electron chi connectivity index (χ0n) is 36.2. The molecule has 4 aliphatic rings. The van der Waals surface area contributed by atoms with Crippen molar-refractivity contribution in [2.24, 2.45) is 0 Å². The van der Waals surface area contributed by atoms with Gasteiger partial charge in [-0.1, -0.05) is 175 Å². The van der Waals surface area contributed by atoms with Crippen molar-refractivity contribution in [3.63, 3.8) is 0 Å². The van der Waals surface area contributed by atoms with E-state index < -0.39 is 0 Å². The zero-order valence-corrected chi connectivity index (χ0v) is 37.0. The first kappa shape index (κ1) is 38.2. The maximum atomic E-state index is 7.39. The number of anilines is 6. The Labute approximate surface area is 394 Å². The molecular weight excluding hydrogens is 834 g/mol. The van der Waals surface area contributed by atoms with Gasteiger partial charge < -0.3 is 19.3 Å². The molecule has 0 unspecified atom stereocenters. The summed E-state index contributed by atoms with van der Waals surface area (Å²) in [4.78, 5) is 7.37. The summed E-state index contributed by atoms with van der Waals surface area (Å²) in [6, 6.07) is 83.1. The quantitative estimate of drug-likeness (QED) is 0.155. The molecule has 4 nitrogen and oxygen atoms in total. The first-order valence-corrected chi connectivity index (χ1v) is 23.7. The SMILES string of the molecule is c1ccc(-c2cc3c4c(c2)N(c2ccccc2-c2ccccc2)c2cc5c(cc2B4c2ccccc2S3)B2c3ccccc3Oc3cc(N(c4ccccc4)c4ccccc4)cc(c32)O5)cc1. The summed E-state index contributed by atoms with van der Waals surface area (Å²) in [5, 5.41) is 0. The van der Waals surface area contributed by atoms with Crippen molar-refractivity contribution in [2.75, 3.05) is 9.80 Å². The van der Waals surface area contributed by atoms with Gasteiger partial charge in [-0.2, -0.15) is 0 Å². The molecule has 0 aliphatic carbocycles. The molecule has 0 N–H and O–H groups in total. The van der Waals surface area contributed by atoms with Crippen LogP contribution in [-0.4, -0.2) is 13.4 Å². The fourth-order valence-electron chi connectivity index (χ4n) is 10.9. The molecule has 0 spiro atoms. The largest absolute Gasteiger partial charge is 0.458 e. The molecule has 10 aromatic carbocycles. The molecule has 0 saturated carbocycles. The second-order valence-electron chi connectivity index (χ2n) is 17.6. The van der Waals surface area contributed by atoms with Crippen LogP contribution in [0, 0.1) is 0 Å². The third-order valence-electron chi connectivity index (χ3n) is 13.8. The summed E-state index contributed by atoms with van der Waals surface area (Å²) in [5.41, 5.74) is 18.4. The number of hydrogen-bond donors (Lipinski definition) is 0. The molecule has 4 heterocycles. The maximum Gasteiger partial charge on any atom is 0.260 e. The zero-order chi connectivity index (χ0) is 44.0. The molecule has 0 atom stereocenters. The molecule has 0 fully saturated rings. The Balaban J connectivity index is 1.04. The Kier molecular flexibility index (Phi) is 8.68. The lowest BCUT2D eigenvalue weighted by Crippen LogP contribution is -2.63. The summed E-state index contributed by atoms with van der Waals surface area (Å²) >= 11 is 1.89. The fourth-order valence-corrected chi connectivity index (χ4v) is 12.1. The van der Waals surface area contributed by atoms with Crippen molar-refractivity contribution in [2.45, 2.75) is 9.79 Å². The second kappa shape index (κ2) is 15.2. The molecule has 4 aliphatic heterocycles. The van der Waals surface area contributed by atoms with Gasteiger partial charge in [-0.3, -0.25) is 0 Å². The minimum Gasteiger partial charge on any atom is -0.458 e. The van der Waals surface area contributed by atoms with E-state index in [2.05, 4.69) is 240 Å². The number of nitrogens with zero attached hydrogens (tertiary/aromatic N) is 2. The van der Waals surface area contributed by atoms with Gasteiger partial charge >= 0.3 is 0 Å². The van der Waals surface area contributed by atoms with Gasteiger partial charge in [0.05, 0.1) is 11.4 Å². The van der Waals surface area contributed by atoms with Crippen LogP contribution in [0.15, 0.2) is 240 Å². The summed E-state index contributed by atoms with van der Waals surface area (Å²) in [6.07, 6.45) is 0. The normalized spacial score (nSPS) is 13.2. The predicted octanol–water partition coefficient (Wildman–Crippen LogP) is 12.0. The number of benzene rings is 10. The van der Waals surface area contributed by atoms with Gasteiger partial charge in [0, 0.05) is 61.8 Å². The lowest BCUT2D eigenvalue weighted by Gasteiger charge is -2.42. The minimum atomic E-state index is -0.125. The molecule has 7 heteroatoms. The van der Waals surface area contributed by atoms with Gasteiger partial charge in [0.15, 0.2) is 0 Å². The van der Waals surface area contributed by atoms with Crippen LogP contribution in [0.25, 0.3) is 22.3 Å². The van der Waals surface area contributed by atoms with E-state index in [4.69, 9.17) is 9.47 Å². The molecule has 0 amide bonds. The average molecular weight is 873 g/mol. The van der Waals surface area contributed by atoms with Crippen molar-refractivity contribution >= 4 is 92.1 Å². The van der Waals surface area contributed by atoms with Crippen molar-refractivity contribution in [3.8, 4) is 45.3 Å². The fraction of sp³-hybridized carbons (Fsp3) is 0. The van der Waals surface area contributed by atoms with Crippen LogP contribution in [0.3, 0.4) is 0 Å². The number of ether oxygens (including phenoxy) is 2. The van der Waals surface area contributed by atoms with Crippen molar-refractivity contribution in [1.82, 2.24) is 0 Å². The Bertz CT molecular complexity index is 3550. The minimum absolute atomic E-state index is 0.0173. The van der Waals surface area contributed by atoms with Gasteiger partial charge in [-0.05, 0) is 93.1 Å². The summed E-state index contributed by atoms with van der Waals surface area (Å²) in [6.45, 7) is -0.143. The number of para-hydroxylation sites is 4. The molecule has 312 valence electrons. The molecular formula is C60H38B2N2O2S. The van der Waals surface area contributed by atoms with Crippen LogP contribution >= 0.6 is 11.8 Å². The van der Waals surface area contributed by atoms with Gasteiger partial charge in [0.25, 0.3) is 6.71 Å². The molecule has 67 heavy (non-hydrogen) atoms. The monoisotopic (exact) mass is 872 g/mol.